The molecular formula is C17H13N3O3. The lowest BCUT2D eigenvalue weighted by Crippen LogP contribution is -2.24. The number of aryl methyl sites for hydroxylation is 1. The summed E-state index contributed by atoms with van der Waals surface area (Å²) in [6, 6.07) is 13.8. The summed E-state index contributed by atoms with van der Waals surface area (Å²) >= 11 is 0. The molecule has 0 spiro atoms. The highest BCUT2D eigenvalue weighted by Crippen LogP contribution is 2.22. The second-order valence-corrected chi connectivity index (χ2v) is 5.13. The number of nitrogens with one attached hydrogen (secondary N) is 1. The Morgan fingerprint density at radius 3 is 2.52 bits per heavy atom. The van der Waals surface area contributed by atoms with Crippen LogP contribution in [-0.2, 0) is 4.79 Å². The molecule has 1 amide bonds. The molecule has 0 saturated heterocycles. The highest BCUT2D eigenvalue weighted by Gasteiger charge is 2.22. The van der Waals surface area contributed by atoms with Gasteiger partial charge >= 0.3 is 0 Å². The SMILES string of the molecule is Cc1ccc(C2=N/C(=C\c3ccccc3[N+](=O)[O-])C(=O)N2)cc1. The Hall–Kier alpha value is -3.28. The predicted molar refractivity (Wildman–Crippen MR) is 86.9 cm³/mol. The van der Waals surface area contributed by atoms with Gasteiger partial charge in [0.05, 0.1) is 10.5 Å². The minimum Gasteiger partial charge on any atom is -0.305 e. The molecule has 0 bridgehead atoms. The van der Waals surface area contributed by atoms with E-state index in [1.165, 1.54) is 12.1 Å². The number of para-hydroxylation sites is 1. The Bertz CT molecular complexity index is 852. The first-order valence-corrected chi connectivity index (χ1v) is 6.97. The second kappa shape index (κ2) is 5.84. The summed E-state index contributed by atoms with van der Waals surface area (Å²) in [6.07, 6.45) is 1.43. The molecule has 0 saturated carbocycles. The quantitative estimate of drug-likeness (QED) is 0.537. The first kappa shape index (κ1) is 14.6. The highest BCUT2D eigenvalue weighted by molar-refractivity contribution is 6.19. The molecule has 0 fully saturated rings. The predicted octanol–water partition coefficient (Wildman–Crippen LogP) is 2.82. The molecule has 6 heteroatoms. The number of hydrogen-bond acceptors (Lipinski definition) is 4. The zero-order valence-corrected chi connectivity index (χ0v) is 12.3. The maximum absolute atomic E-state index is 12.0. The first-order chi connectivity index (χ1) is 11.0. The van der Waals surface area contributed by atoms with Crippen molar-refractivity contribution in [3.63, 3.8) is 0 Å². The molecule has 0 aromatic heterocycles. The van der Waals surface area contributed by atoms with E-state index in [0.29, 0.717) is 11.4 Å². The van der Waals surface area contributed by atoms with E-state index in [4.69, 9.17) is 0 Å². The number of nitro benzene ring substituents is 1. The van der Waals surface area contributed by atoms with Gasteiger partial charge in [0, 0.05) is 11.6 Å². The monoisotopic (exact) mass is 307 g/mol. The normalized spacial score (nSPS) is 15.4. The van der Waals surface area contributed by atoms with Gasteiger partial charge in [-0.05, 0) is 19.1 Å². The van der Waals surface area contributed by atoms with Crippen LogP contribution in [0.1, 0.15) is 16.7 Å². The molecule has 1 aliphatic heterocycles. The summed E-state index contributed by atoms with van der Waals surface area (Å²) < 4.78 is 0. The molecule has 2 aromatic rings. The maximum Gasteiger partial charge on any atom is 0.276 e. The Labute approximate surface area is 132 Å². The fourth-order valence-electron chi connectivity index (χ4n) is 2.24. The van der Waals surface area contributed by atoms with E-state index in [1.807, 2.05) is 31.2 Å². The number of amides is 1. The third-order valence-corrected chi connectivity index (χ3v) is 3.45. The van der Waals surface area contributed by atoms with Crippen LogP contribution in [0, 0.1) is 17.0 Å². The minimum atomic E-state index is -0.482. The number of carbonyl (C=O) groups excluding carboxylic acids is 1. The van der Waals surface area contributed by atoms with Crippen molar-refractivity contribution in [1.29, 1.82) is 0 Å². The number of aliphatic imine (C=N–C) groups is 1. The van der Waals surface area contributed by atoms with Crippen LogP contribution in [0.2, 0.25) is 0 Å². The van der Waals surface area contributed by atoms with E-state index in [1.54, 1.807) is 18.2 Å². The van der Waals surface area contributed by atoms with Crippen LogP contribution < -0.4 is 5.32 Å². The number of nitro groups is 1. The molecule has 1 N–H and O–H groups in total. The minimum absolute atomic E-state index is 0.0632. The van der Waals surface area contributed by atoms with Crippen LogP contribution >= 0.6 is 0 Å². The summed E-state index contributed by atoms with van der Waals surface area (Å²) in [5, 5.41) is 13.7. The number of benzene rings is 2. The Balaban J connectivity index is 1.99. The number of amidine groups is 1. The van der Waals surface area contributed by atoms with Crippen LogP contribution in [0.15, 0.2) is 59.2 Å². The van der Waals surface area contributed by atoms with Crippen molar-refractivity contribution in [2.24, 2.45) is 4.99 Å². The van der Waals surface area contributed by atoms with Gasteiger partial charge in [-0.3, -0.25) is 14.9 Å². The zero-order chi connectivity index (χ0) is 16.4. The van der Waals surface area contributed by atoms with Crippen molar-refractivity contribution >= 4 is 23.5 Å². The van der Waals surface area contributed by atoms with E-state index < -0.39 is 4.92 Å². The second-order valence-electron chi connectivity index (χ2n) is 5.13. The summed E-state index contributed by atoms with van der Waals surface area (Å²) in [7, 11) is 0. The molecular weight excluding hydrogens is 294 g/mol. The standard InChI is InChI=1S/C17H13N3O3/c1-11-6-8-12(9-7-11)16-18-14(17(21)19-16)10-13-4-2-3-5-15(13)20(22)23/h2-10H,1H3,(H,18,19,21)/b14-10-. The average molecular weight is 307 g/mol. The van der Waals surface area contributed by atoms with Gasteiger partial charge in [-0.2, -0.15) is 0 Å². The summed E-state index contributed by atoms with van der Waals surface area (Å²) in [4.78, 5) is 26.9. The largest absolute Gasteiger partial charge is 0.305 e. The fraction of sp³-hybridized carbons (Fsp3) is 0.0588. The van der Waals surface area contributed by atoms with Gasteiger partial charge in [-0.1, -0.05) is 42.0 Å². The van der Waals surface area contributed by atoms with Crippen molar-refractivity contribution in [1.82, 2.24) is 5.32 Å². The Kier molecular flexibility index (Phi) is 3.72. The van der Waals surface area contributed by atoms with E-state index in [2.05, 4.69) is 10.3 Å². The van der Waals surface area contributed by atoms with Gasteiger partial charge in [0.2, 0.25) is 0 Å². The average Bonchev–Trinajstić information content (AvgIpc) is 2.89. The van der Waals surface area contributed by atoms with Gasteiger partial charge < -0.3 is 5.32 Å². The molecule has 114 valence electrons. The lowest BCUT2D eigenvalue weighted by atomic mass is 10.1. The number of rotatable bonds is 3. The van der Waals surface area contributed by atoms with Crippen molar-refractivity contribution < 1.29 is 9.72 Å². The molecule has 1 heterocycles. The van der Waals surface area contributed by atoms with Gasteiger partial charge in [0.25, 0.3) is 11.6 Å². The van der Waals surface area contributed by atoms with E-state index in [0.717, 1.165) is 11.1 Å². The topological polar surface area (TPSA) is 84.6 Å². The third-order valence-electron chi connectivity index (χ3n) is 3.45. The van der Waals surface area contributed by atoms with Gasteiger partial charge in [-0.25, -0.2) is 4.99 Å². The van der Waals surface area contributed by atoms with E-state index in [-0.39, 0.29) is 17.3 Å². The third kappa shape index (κ3) is 3.01. The lowest BCUT2D eigenvalue weighted by Gasteiger charge is -2.00. The van der Waals surface area contributed by atoms with Gasteiger partial charge in [-0.15, -0.1) is 0 Å². The van der Waals surface area contributed by atoms with Crippen LogP contribution in [0.5, 0.6) is 0 Å². The molecule has 0 unspecified atom stereocenters. The number of nitrogens with zero attached hydrogens (tertiary/aromatic N) is 2. The highest BCUT2D eigenvalue weighted by atomic mass is 16.6. The number of carbonyl (C=O) groups is 1. The molecule has 0 aliphatic carbocycles. The van der Waals surface area contributed by atoms with Crippen molar-refractivity contribution in [3.05, 3.63) is 81.0 Å². The van der Waals surface area contributed by atoms with Crippen molar-refractivity contribution in [3.8, 4) is 0 Å². The van der Waals surface area contributed by atoms with Gasteiger partial charge in [0.15, 0.2) is 0 Å². The van der Waals surface area contributed by atoms with Crippen LogP contribution in [0.3, 0.4) is 0 Å². The fourth-order valence-corrected chi connectivity index (χ4v) is 2.24. The smallest absolute Gasteiger partial charge is 0.276 e. The Morgan fingerprint density at radius 1 is 1.13 bits per heavy atom. The maximum atomic E-state index is 12.0. The van der Waals surface area contributed by atoms with Crippen LogP contribution in [0.25, 0.3) is 6.08 Å². The van der Waals surface area contributed by atoms with E-state index >= 15 is 0 Å². The summed E-state index contributed by atoms with van der Waals surface area (Å²) in [6.45, 7) is 1.97. The first-order valence-electron chi connectivity index (χ1n) is 6.97. The lowest BCUT2D eigenvalue weighted by molar-refractivity contribution is -0.385. The molecule has 0 atom stereocenters. The Morgan fingerprint density at radius 2 is 1.83 bits per heavy atom. The van der Waals surface area contributed by atoms with E-state index in [9.17, 15) is 14.9 Å². The molecule has 2 aromatic carbocycles. The molecule has 0 radical (unpaired) electrons. The summed E-state index contributed by atoms with van der Waals surface area (Å²) in [5.74, 6) is 0.0681. The molecule has 3 rings (SSSR count). The summed E-state index contributed by atoms with van der Waals surface area (Å²) in [5.41, 5.74) is 2.32. The van der Waals surface area contributed by atoms with Crippen LogP contribution in [-0.4, -0.2) is 16.7 Å². The zero-order valence-electron chi connectivity index (χ0n) is 12.3. The molecule has 1 aliphatic rings. The van der Waals surface area contributed by atoms with Crippen molar-refractivity contribution in [2.45, 2.75) is 6.92 Å². The number of hydrogen-bond donors (Lipinski definition) is 1. The molecule has 6 nitrogen and oxygen atoms in total. The van der Waals surface area contributed by atoms with Crippen LogP contribution in [0.4, 0.5) is 5.69 Å². The van der Waals surface area contributed by atoms with Crippen molar-refractivity contribution in [2.75, 3.05) is 0 Å². The molecule has 23 heavy (non-hydrogen) atoms. The van der Waals surface area contributed by atoms with Gasteiger partial charge in [0.1, 0.15) is 11.5 Å².